The van der Waals surface area contributed by atoms with Gasteiger partial charge in [-0.1, -0.05) is 6.58 Å². The molecule has 0 aliphatic heterocycles. The highest BCUT2D eigenvalue weighted by molar-refractivity contribution is 5.86. The van der Waals surface area contributed by atoms with Crippen LogP contribution >= 0.6 is 0 Å². The Kier molecular flexibility index (Phi) is 6.48. The molecule has 0 saturated heterocycles. The first-order valence-corrected chi connectivity index (χ1v) is 6.41. The summed E-state index contributed by atoms with van der Waals surface area (Å²) in [5.41, 5.74) is -0.607. The van der Waals surface area contributed by atoms with E-state index in [0.717, 1.165) is 24.3 Å². The standard InChI is InChI=1S/C13H15N3O6/c1-2-13(17)14-7-3-4-8-22-12-9-10(15(18)19)5-6-11(12)16(20)21/h2,5-6,9H,1,3-4,7-8H2,(H,14,17). The summed E-state index contributed by atoms with van der Waals surface area (Å²) >= 11 is 0. The highest BCUT2D eigenvalue weighted by Crippen LogP contribution is 2.31. The first kappa shape index (κ1) is 17.1. The summed E-state index contributed by atoms with van der Waals surface area (Å²) < 4.78 is 5.24. The van der Waals surface area contributed by atoms with E-state index in [-0.39, 0.29) is 29.6 Å². The van der Waals surface area contributed by atoms with E-state index >= 15 is 0 Å². The number of amides is 1. The molecule has 0 spiro atoms. The molecular weight excluding hydrogens is 294 g/mol. The third-order valence-corrected chi connectivity index (χ3v) is 2.66. The number of carbonyl (C=O) groups is 1. The van der Waals surface area contributed by atoms with Gasteiger partial charge in [-0.05, 0) is 18.9 Å². The van der Waals surface area contributed by atoms with Crippen LogP contribution in [0.3, 0.4) is 0 Å². The summed E-state index contributed by atoms with van der Waals surface area (Å²) in [6.45, 7) is 3.88. The second-order valence-corrected chi connectivity index (χ2v) is 4.22. The van der Waals surface area contributed by atoms with Gasteiger partial charge in [-0.2, -0.15) is 0 Å². The van der Waals surface area contributed by atoms with Crippen molar-refractivity contribution in [1.82, 2.24) is 5.32 Å². The second-order valence-electron chi connectivity index (χ2n) is 4.22. The maximum Gasteiger partial charge on any atom is 0.311 e. The second kappa shape index (κ2) is 8.35. The van der Waals surface area contributed by atoms with Gasteiger partial charge in [-0.25, -0.2) is 0 Å². The molecule has 1 aromatic carbocycles. The van der Waals surface area contributed by atoms with Gasteiger partial charge >= 0.3 is 5.69 Å². The minimum atomic E-state index is -0.663. The number of nitro benzene ring substituents is 2. The molecule has 0 radical (unpaired) electrons. The highest BCUT2D eigenvalue weighted by Gasteiger charge is 2.19. The molecule has 0 heterocycles. The molecule has 118 valence electrons. The zero-order valence-electron chi connectivity index (χ0n) is 11.7. The number of rotatable bonds is 9. The number of hydrogen-bond acceptors (Lipinski definition) is 6. The van der Waals surface area contributed by atoms with E-state index in [1.54, 1.807) is 0 Å². The third-order valence-electron chi connectivity index (χ3n) is 2.66. The molecule has 0 aromatic heterocycles. The van der Waals surface area contributed by atoms with Crippen molar-refractivity contribution in [3.8, 4) is 5.75 Å². The lowest BCUT2D eigenvalue weighted by atomic mass is 10.2. The molecule has 1 rings (SSSR count). The Labute approximate surface area is 125 Å². The summed E-state index contributed by atoms with van der Waals surface area (Å²) in [6, 6.07) is 3.12. The Balaban J connectivity index is 2.54. The molecule has 9 nitrogen and oxygen atoms in total. The molecule has 1 N–H and O–H groups in total. The van der Waals surface area contributed by atoms with Crippen LogP contribution < -0.4 is 10.1 Å². The lowest BCUT2D eigenvalue weighted by Gasteiger charge is -2.07. The van der Waals surface area contributed by atoms with Crippen LogP contribution in [0.1, 0.15) is 12.8 Å². The Morgan fingerprint density at radius 3 is 2.59 bits per heavy atom. The number of nitrogens with zero attached hydrogens (tertiary/aromatic N) is 2. The van der Waals surface area contributed by atoms with Gasteiger partial charge in [-0.3, -0.25) is 25.0 Å². The van der Waals surface area contributed by atoms with Crippen molar-refractivity contribution >= 4 is 17.3 Å². The van der Waals surface area contributed by atoms with Crippen LogP contribution in [0.2, 0.25) is 0 Å². The third kappa shape index (κ3) is 5.19. The zero-order chi connectivity index (χ0) is 16.5. The van der Waals surface area contributed by atoms with Crippen molar-refractivity contribution in [2.75, 3.05) is 13.2 Å². The molecule has 0 atom stereocenters. The smallest absolute Gasteiger partial charge is 0.311 e. The normalized spacial score (nSPS) is 9.82. The van der Waals surface area contributed by atoms with Crippen molar-refractivity contribution in [2.24, 2.45) is 0 Å². The van der Waals surface area contributed by atoms with Gasteiger partial charge in [0.05, 0.1) is 22.5 Å². The molecule has 22 heavy (non-hydrogen) atoms. The van der Waals surface area contributed by atoms with E-state index in [1.807, 2.05) is 0 Å². The van der Waals surface area contributed by atoms with Gasteiger partial charge < -0.3 is 10.1 Å². The van der Waals surface area contributed by atoms with Crippen molar-refractivity contribution in [3.05, 3.63) is 51.1 Å². The lowest BCUT2D eigenvalue weighted by molar-refractivity contribution is -0.389. The van der Waals surface area contributed by atoms with Crippen molar-refractivity contribution in [2.45, 2.75) is 12.8 Å². The van der Waals surface area contributed by atoms with Crippen LogP contribution in [0.5, 0.6) is 5.75 Å². The Bertz CT molecular complexity index is 587. The van der Waals surface area contributed by atoms with Crippen molar-refractivity contribution in [1.29, 1.82) is 0 Å². The molecular formula is C13H15N3O6. The first-order chi connectivity index (χ1) is 10.5. The van der Waals surface area contributed by atoms with E-state index in [2.05, 4.69) is 11.9 Å². The molecule has 0 aliphatic carbocycles. The van der Waals surface area contributed by atoms with Crippen LogP contribution in [0.15, 0.2) is 30.9 Å². The van der Waals surface area contributed by atoms with E-state index in [1.165, 1.54) is 0 Å². The number of carbonyl (C=O) groups excluding carboxylic acids is 1. The van der Waals surface area contributed by atoms with E-state index in [0.29, 0.717) is 19.4 Å². The van der Waals surface area contributed by atoms with E-state index in [9.17, 15) is 25.0 Å². The summed E-state index contributed by atoms with van der Waals surface area (Å²) in [6.07, 6.45) is 2.28. The van der Waals surface area contributed by atoms with Gasteiger partial charge in [0.1, 0.15) is 0 Å². The average molecular weight is 309 g/mol. The van der Waals surface area contributed by atoms with Crippen molar-refractivity contribution in [3.63, 3.8) is 0 Å². The van der Waals surface area contributed by atoms with Gasteiger partial charge in [0, 0.05) is 18.7 Å². The van der Waals surface area contributed by atoms with Gasteiger partial charge in [0.25, 0.3) is 5.69 Å². The van der Waals surface area contributed by atoms with Crippen LogP contribution in [-0.2, 0) is 4.79 Å². The molecule has 0 unspecified atom stereocenters. The lowest BCUT2D eigenvalue weighted by Crippen LogP contribution is -2.22. The number of ether oxygens (including phenoxy) is 1. The van der Waals surface area contributed by atoms with Gasteiger partial charge in [-0.15, -0.1) is 0 Å². The predicted octanol–water partition coefficient (Wildman–Crippen LogP) is 1.96. The molecule has 9 heteroatoms. The molecule has 1 amide bonds. The number of nitrogens with one attached hydrogen (secondary N) is 1. The minimum absolute atomic E-state index is 0.144. The largest absolute Gasteiger partial charge is 0.487 e. The topological polar surface area (TPSA) is 125 Å². The monoisotopic (exact) mass is 309 g/mol. The van der Waals surface area contributed by atoms with Crippen LogP contribution in [0, 0.1) is 20.2 Å². The molecule has 0 saturated carbocycles. The van der Waals surface area contributed by atoms with Crippen LogP contribution in [-0.4, -0.2) is 28.9 Å². The zero-order valence-corrected chi connectivity index (χ0v) is 11.7. The van der Waals surface area contributed by atoms with E-state index in [4.69, 9.17) is 4.74 Å². The number of unbranched alkanes of at least 4 members (excludes halogenated alkanes) is 1. The Morgan fingerprint density at radius 1 is 1.27 bits per heavy atom. The first-order valence-electron chi connectivity index (χ1n) is 6.41. The van der Waals surface area contributed by atoms with Crippen LogP contribution in [0.4, 0.5) is 11.4 Å². The number of non-ortho nitro benzene ring substituents is 1. The highest BCUT2D eigenvalue weighted by atomic mass is 16.6. The summed E-state index contributed by atoms with van der Waals surface area (Å²) in [5.74, 6) is -0.426. The number of benzene rings is 1. The summed E-state index contributed by atoms with van der Waals surface area (Å²) in [5, 5.41) is 24.1. The molecule has 0 aliphatic rings. The fourth-order valence-electron chi connectivity index (χ4n) is 1.58. The summed E-state index contributed by atoms with van der Waals surface area (Å²) in [4.78, 5) is 31.1. The van der Waals surface area contributed by atoms with Crippen molar-refractivity contribution < 1.29 is 19.4 Å². The molecule has 0 fully saturated rings. The maximum atomic E-state index is 10.9. The fourth-order valence-corrected chi connectivity index (χ4v) is 1.58. The predicted molar refractivity (Wildman–Crippen MR) is 77.7 cm³/mol. The number of hydrogen-bond donors (Lipinski definition) is 1. The summed E-state index contributed by atoms with van der Waals surface area (Å²) in [7, 11) is 0. The SMILES string of the molecule is C=CC(=O)NCCCCOc1cc([N+](=O)[O-])ccc1[N+](=O)[O-]. The molecule has 1 aromatic rings. The fraction of sp³-hybridized carbons (Fsp3) is 0.308. The van der Waals surface area contributed by atoms with Crippen LogP contribution in [0.25, 0.3) is 0 Å². The quantitative estimate of drug-likeness (QED) is 0.322. The Morgan fingerprint density at radius 2 is 2.00 bits per heavy atom. The minimum Gasteiger partial charge on any atom is -0.487 e. The van der Waals surface area contributed by atoms with Gasteiger partial charge in [0.2, 0.25) is 11.7 Å². The molecule has 0 bridgehead atoms. The van der Waals surface area contributed by atoms with Gasteiger partial charge in [0.15, 0.2) is 0 Å². The Hall–Kier alpha value is -2.97. The maximum absolute atomic E-state index is 10.9. The number of nitro groups is 2. The van der Waals surface area contributed by atoms with E-state index < -0.39 is 9.85 Å². The average Bonchev–Trinajstić information content (AvgIpc) is 2.49.